The summed E-state index contributed by atoms with van der Waals surface area (Å²) in [6.07, 6.45) is 1.28. The number of nitrogens with zero attached hydrogens (tertiary/aromatic N) is 2. The van der Waals surface area contributed by atoms with Crippen molar-refractivity contribution in [1.29, 1.82) is 0 Å². The molecule has 0 radical (unpaired) electrons. The zero-order valence-corrected chi connectivity index (χ0v) is 17.6. The number of carboxylic acids is 1. The summed E-state index contributed by atoms with van der Waals surface area (Å²) in [6, 6.07) is 9.21. The van der Waals surface area contributed by atoms with E-state index in [2.05, 4.69) is 20.9 Å². The number of carbonyl (C=O) groups is 2. The highest BCUT2D eigenvalue weighted by Gasteiger charge is 2.27. The highest BCUT2D eigenvalue weighted by atomic mass is 79.9. The van der Waals surface area contributed by atoms with Crippen molar-refractivity contribution in [2.45, 2.75) is 25.3 Å². The van der Waals surface area contributed by atoms with Crippen molar-refractivity contribution < 1.29 is 14.7 Å². The van der Waals surface area contributed by atoms with Crippen molar-refractivity contribution in [3.8, 4) is 0 Å². The number of anilines is 1. The molecule has 154 valence electrons. The first kappa shape index (κ1) is 20.1. The second-order valence-electron chi connectivity index (χ2n) is 7.29. The molecule has 1 aliphatic heterocycles. The molecule has 4 rings (SSSR count). The summed E-state index contributed by atoms with van der Waals surface area (Å²) in [5.41, 5.74) is 1.44. The Labute approximate surface area is 178 Å². The molecule has 0 saturated heterocycles. The molecule has 1 aromatic heterocycles. The molecule has 1 amide bonds. The van der Waals surface area contributed by atoms with Gasteiger partial charge in [0, 0.05) is 29.7 Å². The Morgan fingerprint density at radius 1 is 1.23 bits per heavy atom. The van der Waals surface area contributed by atoms with Crippen molar-refractivity contribution in [3.05, 3.63) is 72.7 Å². The maximum atomic E-state index is 12.9. The lowest BCUT2D eigenvalue weighted by Gasteiger charge is -2.29. The summed E-state index contributed by atoms with van der Waals surface area (Å²) in [6.45, 7) is 0. The molecule has 1 unspecified atom stereocenters. The average Bonchev–Trinajstić information content (AvgIpc) is 2.71. The van der Waals surface area contributed by atoms with Gasteiger partial charge < -0.3 is 15.0 Å². The van der Waals surface area contributed by atoms with Crippen molar-refractivity contribution >= 4 is 44.5 Å². The van der Waals surface area contributed by atoms with Crippen molar-refractivity contribution in [2.75, 3.05) is 11.9 Å². The predicted molar refractivity (Wildman–Crippen MR) is 115 cm³/mol. The molecule has 30 heavy (non-hydrogen) atoms. The van der Waals surface area contributed by atoms with Crippen molar-refractivity contribution in [3.63, 3.8) is 0 Å². The van der Waals surface area contributed by atoms with Gasteiger partial charge in [0.2, 0.25) is 5.91 Å². The first-order chi connectivity index (χ1) is 14.3. The first-order valence-electron chi connectivity index (χ1n) is 9.33. The molecule has 8 nitrogen and oxygen atoms in total. The minimum absolute atomic E-state index is 0.0468. The summed E-state index contributed by atoms with van der Waals surface area (Å²) < 4.78 is 2.25. The zero-order chi connectivity index (χ0) is 21.6. The number of carboxylic acid groups (broad SMARTS) is 1. The van der Waals surface area contributed by atoms with E-state index in [-0.39, 0.29) is 17.9 Å². The third-order valence-electron chi connectivity index (χ3n) is 5.45. The van der Waals surface area contributed by atoms with Gasteiger partial charge in [0.15, 0.2) is 0 Å². The normalized spacial score (nSPS) is 15.2. The van der Waals surface area contributed by atoms with Crippen LogP contribution in [0.4, 0.5) is 5.69 Å². The lowest BCUT2D eigenvalue weighted by molar-refractivity contribution is -0.119. The number of aromatic amines is 1. The van der Waals surface area contributed by atoms with Crippen LogP contribution >= 0.6 is 15.9 Å². The largest absolute Gasteiger partial charge is 0.478 e. The fraction of sp³-hybridized carbons (Fsp3) is 0.238. The van der Waals surface area contributed by atoms with Gasteiger partial charge in [0.1, 0.15) is 0 Å². The quantitative estimate of drug-likeness (QED) is 0.568. The first-order valence-corrected chi connectivity index (χ1v) is 10.1. The lowest BCUT2D eigenvalue weighted by atomic mass is 9.96. The second kappa shape index (κ2) is 7.56. The van der Waals surface area contributed by atoms with E-state index in [0.717, 1.165) is 10.0 Å². The number of benzene rings is 2. The third-order valence-corrected chi connectivity index (χ3v) is 5.91. The van der Waals surface area contributed by atoms with E-state index in [1.54, 1.807) is 25.2 Å². The monoisotopic (exact) mass is 471 g/mol. The Hall–Kier alpha value is -3.20. The number of carbonyl (C=O) groups excluding carboxylic acids is 1. The molecule has 2 N–H and O–H groups in total. The molecule has 0 saturated carbocycles. The van der Waals surface area contributed by atoms with Gasteiger partial charge in [0.05, 0.1) is 16.6 Å². The summed E-state index contributed by atoms with van der Waals surface area (Å²) in [5, 5.41) is 9.01. The van der Waals surface area contributed by atoms with Crippen LogP contribution in [0.1, 0.15) is 34.8 Å². The third kappa shape index (κ3) is 3.45. The van der Waals surface area contributed by atoms with Crippen molar-refractivity contribution in [2.24, 2.45) is 0 Å². The zero-order valence-electron chi connectivity index (χ0n) is 16.0. The number of amides is 1. The minimum Gasteiger partial charge on any atom is -0.478 e. The molecule has 0 aliphatic carbocycles. The Morgan fingerprint density at radius 3 is 2.60 bits per heavy atom. The Bertz CT molecular complexity index is 1290. The fourth-order valence-electron chi connectivity index (χ4n) is 3.92. The van der Waals surface area contributed by atoms with Crippen LogP contribution in [0.2, 0.25) is 0 Å². The van der Waals surface area contributed by atoms with Gasteiger partial charge in [-0.3, -0.25) is 19.0 Å². The van der Waals surface area contributed by atoms with Gasteiger partial charge in [-0.05, 0) is 54.8 Å². The molecule has 3 aromatic rings. The van der Waals surface area contributed by atoms with E-state index in [9.17, 15) is 19.2 Å². The van der Waals surface area contributed by atoms with E-state index < -0.39 is 23.1 Å². The van der Waals surface area contributed by atoms with Crippen LogP contribution in [0.3, 0.4) is 0 Å². The molecule has 0 spiro atoms. The van der Waals surface area contributed by atoms with Crippen LogP contribution in [0.15, 0.2) is 50.5 Å². The molecule has 1 atom stereocenters. The molecular weight excluding hydrogens is 454 g/mol. The smallest absolute Gasteiger partial charge is 0.335 e. The molecule has 9 heteroatoms. The topological polar surface area (TPSA) is 112 Å². The van der Waals surface area contributed by atoms with E-state index in [1.165, 1.54) is 21.6 Å². The molecular formula is C21H18BrN3O5. The molecule has 2 heterocycles. The van der Waals surface area contributed by atoms with Crippen LogP contribution in [-0.4, -0.2) is 33.6 Å². The summed E-state index contributed by atoms with van der Waals surface area (Å²) >= 11 is 3.42. The van der Waals surface area contributed by atoms with Crippen LogP contribution in [-0.2, 0) is 11.2 Å². The number of hydrogen-bond acceptors (Lipinski definition) is 4. The maximum absolute atomic E-state index is 12.9. The summed E-state index contributed by atoms with van der Waals surface area (Å²) in [7, 11) is 1.60. The predicted octanol–water partition coefficient (Wildman–Crippen LogP) is 2.69. The van der Waals surface area contributed by atoms with Crippen LogP contribution in [0.25, 0.3) is 11.0 Å². The van der Waals surface area contributed by atoms with Gasteiger partial charge in [-0.2, -0.15) is 0 Å². The van der Waals surface area contributed by atoms with Gasteiger partial charge in [0.25, 0.3) is 0 Å². The number of halogens is 1. The maximum Gasteiger partial charge on any atom is 0.335 e. The Morgan fingerprint density at radius 2 is 1.93 bits per heavy atom. The van der Waals surface area contributed by atoms with E-state index >= 15 is 0 Å². The summed E-state index contributed by atoms with van der Waals surface area (Å²) in [5.74, 6) is -1.27. The molecule has 0 fully saturated rings. The number of aromatic carboxylic acids is 1. The lowest BCUT2D eigenvalue weighted by Crippen LogP contribution is -2.41. The number of H-pyrrole nitrogens is 1. The van der Waals surface area contributed by atoms with Crippen LogP contribution in [0, 0.1) is 0 Å². The number of aromatic nitrogens is 2. The Kier molecular flexibility index (Phi) is 5.07. The van der Waals surface area contributed by atoms with Crippen molar-refractivity contribution in [1.82, 2.24) is 9.55 Å². The van der Waals surface area contributed by atoms with E-state index in [1.807, 2.05) is 6.07 Å². The highest BCUT2D eigenvalue weighted by molar-refractivity contribution is 9.10. The fourth-order valence-corrected chi connectivity index (χ4v) is 4.42. The van der Waals surface area contributed by atoms with Crippen LogP contribution < -0.4 is 16.0 Å². The number of aryl methyl sites for hydroxylation is 1. The van der Waals surface area contributed by atoms with Gasteiger partial charge in [-0.15, -0.1) is 0 Å². The SMILES string of the molecule is CN(C(=O)CC1CCc2cc(Br)cc3[nH]c(=O)c(=O)n1c23)c1ccc(C(=O)O)cc1. The summed E-state index contributed by atoms with van der Waals surface area (Å²) in [4.78, 5) is 52.8. The number of nitrogens with one attached hydrogen (secondary N) is 1. The molecule has 1 aliphatic rings. The number of rotatable bonds is 4. The second-order valence-corrected chi connectivity index (χ2v) is 8.21. The average molecular weight is 472 g/mol. The Balaban J connectivity index is 1.67. The molecule has 2 aromatic carbocycles. The standard InChI is InChI=1S/C21H18BrN3O5/c1-24(14-5-2-11(3-6-14)21(29)30)17(26)10-15-7-4-12-8-13(22)9-16-18(12)25(15)20(28)19(27)23-16/h2-3,5-6,8-9,15H,4,7,10H2,1H3,(H,23,27)(H,29,30). The van der Waals surface area contributed by atoms with E-state index in [4.69, 9.17) is 5.11 Å². The van der Waals surface area contributed by atoms with Gasteiger partial charge >= 0.3 is 17.1 Å². The van der Waals surface area contributed by atoms with E-state index in [0.29, 0.717) is 29.6 Å². The van der Waals surface area contributed by atoms with Crippen LogP contribution in [0.5, 0.6) is 0 Å². The molecule has 0 bridgehead atoms. The highest BCUT2D eigenvalue weighted by Crippen LogP contribution is 2.32. The minimum atomic E-state index is -1.04. The number of hydrogen-bond donors (Lipinski definition) is 2. The van der Waals surface area contributed by atoms with Gasteiger partial charge in [-0.25, -0.2) is 4.79 Å². The van der Waals surface area contributed by atoms with Gasteiger partial charge in [-0.1, -0.05) is 15.9 Å².